The minimum Gasteiger partial charge on any atom is -0.487 e. The Bertz CT molecular complexity index is 3050. The van der Waals surface area contributed by atoms with Crippen LogP contribution in [0.25, 0.3) is 39.4 Å². The molecule has 0 N–H and O–H groups in total. The van der Waals surface area contributed by atoms with E-state index in [0.29, 0.717) is 23.7 Å². The Kier molecular flexibility index (Phi) is 8.10. The van der Waals surface area contributed by atoms with E-state index in [1.54, 1.807) is 11.1 Å². The molecule has 0 radical (unpaired) electrons. The average molecular weight is 817 g/mol. The third-order valence-electron chi connectivity index (χ3n) is 16.3. The van der Waals surface area contributed by atoms with Crippen LogP contribution in [0.1, 0.15) is 84.7 Å². The Morgan fingerprint density at radius 2 is 1.49 bits per heavy atom. The van der Waals surface area contributed by atoms with E-state index in [9.17, 15) is 0 Å². The first-order valence-electron chi connectivity index (χ1n) is 23.9. The van der Waals surface area contributed by atoms with Crippen molar-refractivity contribution in [3.63, 3.8) is 0 Å². The quantitative estimate of drug-likeness (QED) is 0.168. The molecule has 5 aromatic rings. The van der Waals surface area contributed by atoms with E-state index >= 15 is 0 Å². The van der Waals surface area contributed by atoms with Crippen molar-refractivity contribution in [2.75, 3.05) is 4.90 Å². The summed E-state index contributed by atoms with van der Waals surface area (Å²) in [4.78, 5) is 2.71. The summed E-state index contributed by atoms with van der Waals surface area (Å²) in [6.45, 7) is 0. The number of anilines is 1. The van der Waals surface area contributed by atoms with Gasteiger partial charge in [0.25, 0.3) is 0 Å². The second-order valence-electron chi connectivity index (χ2n) is 19.4. The Morgan fingerprint density at radius 3 is 2.44 bits per heavy atom. The number of nitrogens with zero attached hydrogens (tertiary/aromatic N) is 2. The van der Waals surface area contributed by atoms with Gasteiger partial charge in [-0.1, -0.05) is 140 Å². The third kappa shape index (κ3) is 5.38. The molecule has 63 heavy (non-hydrogen) atoms. The molecule has 1 fully saturated rings. The molecule has 3 heteroatoms. The first kappa shape index (κ1) is 36.2. The normalized spacial score (nSPS) is 28.9. The van der Waals surface area contributed by atoms with E-state index in [2.05, 4.69) is 179 Å². The molecule has 3 nitrogen and oxygen atoms in total. The maximum Gasteiger partial charge on any atom is 0.147 e. The zero-order chi connectivity index (χ0) is 41.2. The number of aromatic nitrogens is 1. The number of para-hydroxylation sites is 1. The molecule has 0 bridgehead atoms. The van der Waals surface area contributed by atoms with Gasteiger partial charge in [-0.25, -0.2) is 0 Å². The zero-order valence-electron chi connectivity index (χ0n) is 35.7. The van der Waals surface area contributed by atoms with Crippen molar-refractivity contribution >= 4 is 28.2 Å². The minimum atomic E-state index is 0.195. The molecule has 8 unspecified atom stereocenters. The van der Waals surface area contributed by atoms with Crippen molar-refractivity contribution in [1.82, 2.24) is 4.57 Å². The van der Waals surface area contributed by atoms with Crippen molar-refractivity contribution < 1.29 is 4.74 Å². The summed E-state index contributed by atoms with van der Waals surface area (Å²) < 4.78 is 9.68. The van der Waals surface area contributed by atoms with Gasteiger partial charge in [0.15, 0.2) is 0 Å². The number of ether oxygens (including phenoxy) is 1. The van der Waals surface area contributed by atoms with Crippen LogP contribution in [-0.4, -0.2) is 22.8 Å². The van der Waals surface area contributed by atoms with Gasteiger partial charge in [-0.05, 0) is 132 Å². The first-order valence-corrected chi connectivity index (χ1v) is 23.9. The van der Waals surface area contributed by atoms with E-state index in [4.69, 9.17) is 4.74 Å². The number of hydrogen-bond acceptors (Lipinski definition) is 2. The molecular weight excluding hydrogens is 765 g/mol. The van der Waals surface area contributed by atoms with Crippen LogP contribution in [0, 0.1) is 17.8 Å². The maximum atomic E-state index is 7.07. The number of rotatable bonds is 4. The lowest BCUT2D eigenvalue weighted by Crippen LogP contribution is -2.37. The van der Waals surface area contributed by atoms with Gasteiger partial charge in [0.1, 0.15) is 11.9 Å². The van der Waals surface area contributed by atoms with E-state index < -0.39 is 0 Å². The molecule has 9 aliphatic rings. The third-order valence-corrected chi connectivity index (χ3v) is 16.3. The van der Waals surface area contributed by atoms with Crippen LogP contribution in [0.4, 0.5) is 5.69 Å². The highest BCUT2D eigenvalue weighted by atomic mass is 16.5. The molecule has 8 atom stereocenters. The van der Waals surface area contributed by atoms with Crippen LogP contribution >= 0.6 is 0 Å². The fourth-order valence-electron chi connectivity index (χ4n) is 13.6. The molecule has 7 aliphatic carbocycles. The fourth-order valence-corrected chi connectivity index (χ4v) is 13.6. The predicted octanol–water partition coefficient (Wildman–Crippen LogP) is 14.1. The number of allylic oxidation sites excluding steroid dienone is 12. The van der Waals surface area contributed by atoms with Crippen molar-refractivity contribution in [1.29, 1.82) is 0 Å². The first-order chi connectivity index (χ1) is 31.3. The summed E-state index contributed by atoms with van der Waals surface area (Å²) in [6.07, 6.45) is 43.4. The second kappa shape index (κ2) is 14.1. The van der Waals surface area contributed by atoms with Crippen LogP contribution in [0.5, 0.6) is 5.75 Å². The lowest BCUT2D eigenvalue weighted by Gasteiger charge is -2.38. The van der Waals surface area contributed by atoms with Gasteiger partial charge >= 0.3 is 0 Å². The summed E-state index contributed by atoms with van der Waals surface area (Å²) in [5.41, 5.74) is 19.7. The largest absolute Gasteiger partial charge is 0.487 e. The SMILES string of the molecule is C1=CC2C3C=C(C4=Cc5c(n(-c6ccc7c(c6)C6C=CCCC6C6=C7CCC=C6)c6ccccc56)CC4)C=CC3N(c3ccc(-c4ccccc4)c4c3OC3CCC=CC43)C2C=C1. The summed E-state index contributed by atoms with van der Waals surface area (Å²) in [7, 11) is 0. The van der Waals surface area contributed by atoms with Crippen LogP contribution < -0.4 is 9.64 Å². The average Bonchev–Trinajstić information content (AvgIpc) is 4.02. The van der Waals surface area contributed by atoms with Gasteiger partial charge in [-0.2, -0.15) is 0 Å². The standard InChI is InChI=1S/C60H52N2O/c1-2-14-37(15-3-1)41-30-33-57(60-59(41)49-22-10-13-25-58(49)63-60)62-54-24-12-9-21-48(54)52-35-39(27-32-56(52)62)38-26-31-55-51(34-38)47-20-8-11-23-53(47)61(55)40-28-29-46-44-18-5-4-16-42(44)43-17-6-7-19-45(43)50(46)36-40/h1-4,7-12,14-16,19-24,27-30,32-36,43,45,48-49,52,54,56,58H,5-6,13,17-18,25-26,31H2. The van der Waals surface area contributed by atoms with Crippen LogP contribution in [-0.2, 0) is 6.42 Å². The topological polar surface area (TPSA) is 17.4 Å². The van der Waals surface area contributed by atoms with Gasteiger partial charge < -0.3 is 14.2 Å². The molecule has 0 spiro atoms. The van der Waals surface area contributed by atoms with Crippen LogP contribution in [0.15, 0.2) is 181 Å². The fraction of sp³-hybridized carbons (Fsp3) is 0.267. The molecule has 2 aliphatic heterocycles. The lowest BCUT2D eigenvalue weighted by atomic mass is 9.66. The molecular formula is C60H52N2O. The van der Waals surface area contributed by atoms with E-state index in [-0.39, 0.29) is 24.1 Å². The summed E-state index contributed by atoms with van der Waals surface area (Å²) in [5.74, 6) is 3.18. The van der Waals surface area contributed by atoms with Crippen molar-refractivity contribution in [2.45, 2.75) is 81.4 Å². The Balaban J connectivity index is 0.839. The van der Waals surface area contributed by atoms with Gasteiger partial charge in [0.2, 0.25) is 0 Å². The number of fused-ring (bicyclic) bond motifs is 14. The molecule has 0 saturated carbocycles. The Hall–Kier alpha value is -6.32. The highest BCUT2D eigenvalue weighted by molar-refractivity contribution is 5.95. The van der Waals surface area contributed by atoms with E-state index in [0.717, 1.165) is 44.3 Å². The van der Waals surface area contributed by atoms with Gasteiger partial charge in [-0.15, -0.1) is 0 Å². The Labute approximate surface area is 371 Å². The predicted molar refractivity (Wildman–Crippen MR) is 259 cm³/mol. The van der Waals surface area contributed by atoms with Crippen molar-refractivity contribution in [2.24, 2.45) is 17.8 Å². The molecule has 0 amide bonds. The zero-order valence-corrected chi connectivity index (χ0v) is 35.7. The van der Waals surface area contributed by atoms with Crippen LogP contribution in [0.3, 0.4) is 0 Å². The van der Waals surface area contributed by atoms with Gasteiger partial charge in [-0.3, -0.25) is 0 Å². The molecule has 14 rings (SSSR count). The molecule has 4 aromatic carbocycles. The molecule has 3 heterocycles. The second-order valence-corrected chi connectivity index (χ2v) is 19.4. The Morgan fingerprint density at radius 1 is 0.651 bits per heavy atom. The minimum absolute atomic E-state index is 0.195. The van der Waals surface area contributed by atoms with Gasteiger partial charge in [0, 0.05) is 51.6 Å². The maximum absolute atomic E-state index is 7.07. The summed E-state index contributed by atoms with van der Waals surface area (Å²) in [5, 5.41) is 1.36. The molecule has 1 aromatic heterocycles. The van der Waals surface area contributed by atoms with Crippen molar-refractivity contribution in [3.8, 4) is 22.6 Å². The summed E-state index contributed by atoms with van der Waals surface area (Å²) in [6, 6.07) is 32.8. The monoisotopic (exact) mass is 816 g/mol. The van der Waals surface area contributed by atoms with E-state index in [1.807, 2.05) is 0 Å². The summed E-state index contributed by atoms with van der Waals surface area (Å²) >= 11 is 0. The van der Waals surface area contributed by atoms with Crippen molar-refractivity contribution in [3.05, 3.63) is 209 Å². The smallest absolute Gasteiger partial charge is 0.147 e. The lowest BCUT2D eigenvalue weighted by molar-refractivity contribution is 0.205. The van der Waals surface area contributed by atoms with E-state index in [1.165, 1.54) is 85.3 Å². The highest BCUT2D eigenvalue weighted by Gasteiger charge is 2.49. The molecule has 1 saturated heterocycles. The van der Waals surface area contributed by atoms with Gasteiger partial charge in [0.05, 0.1) is 23.3 Å². The number of hydrogen-bond donors (Lipinski definition) is 0. The molecule has 308 valence electrons. The number of benzene rings is 4. The highest BCUT2D eigenvalue weighted by Crippen LogP contribution is 2.56. The van der Waals surface area contributed by atoms with Crippen LogP contribution in [0.2, 0.25) is 0 Å².